The van der Waals surface area contributed by atoms with Gasteiger partial charge in [0.2, 0.25) is 5.82 Å². The fourth-order valence-corrected chi connectivity index (χ4v) is 2.56. The minimum absolute atomic E-state index is 0.0143. The Hall–Kier alpha value is -2.34. The highest BCUT2D eigenvalue weighted by Crippen LogP contribution is 2.33. The quantitative estimate of drug-likeness (QED) is 0.644. The molecule has 0 bridgehead atoms. The molecule has 2 aromatic carbocycles. The van der Waals surface area contributed by atoms with Gasteiger partial charge in [0.1, 0.15) is 0 Å². The second kappa shape index (κ2) is 5.38. The zero-order chi connectivity index (χ0) is 16.8. The molecular weight excluding hydrogens is 329 g/mol. The normalized spacial score (nSPS) is 11.9. The zero-order valence-electron chi connectivity index (χ0n) is 11.9. The van der Waals surface area contributed by atoms with Crippen LogP contribution in [0.5, 0.6) is 0 Å². The molecule has 0 atom stereocenters. The summed E-state index contributed by atoms with van der Waals surface area (Å²) in [4.78, 5) is 16.2. The van der Waals surface area contributed by atoms with Gasteiger partial charge in [0, 0.05) is 0 Å². The van der Waals surface area contributed by atoms with Crippen molar-refractivity contribution in [2.24, 2.45) is 0 Å². The number of rotatable bonds is 1. The van der Waals surface area contributed by atoms with Crippen molar-refractivity contribution in [3.05, 3.63) is 64.4 Å². The minimum Gasteiger partial charge on any atom is -0.268 e. The average Bonchev–Trinajstić information content (AvgIpc) is 2.85. The molecule has 0 unspecified atom stereocenters. The zero-order valence-corrected chi connectivity index (χ0v) is 12.6. The van der Waals surface area contributed by atoms with Crippen LogP contribution in [0.25, 0.3) is 11.0 Å². The van der Waals surface area contributed by atoms with Gasteiger partial charge in [-0.2, -0.15) is 13.2 Å². The number of aromatic nitrogens is 2. The Labute approximate surface area is 134 Å². The number of imidazole rings is 1. The fourth-order valence-electron chi connectivity index (χ4n) is 2.34. The van der Waals surface area contributed by atoms with Crippen LogP contribution in [0.1, 0.15) is 21.7 Å². The summed E-state index contributed by atoms with van der Waals surface area (Å²) in [5.41, 5.74) is 0.936. The Morgan fingerprint density at radius 3 is 2.52 bits per heavy atom. The molecule has 0 fully saturated rings. The summed E-state index contributed by atoms with van der Waals surface area (Å²) >= 11 is 5.94. The summed E-state index contributed by atoms with van der Waals surface area (Å²) in [5, 5.41) is 0.0830. The lowest BCUT2D eigenvalue weighted by atomic mass is 10.2. The Bertz CT molecular complexity index is 915. The van der Waals surface area contributed by atoms with Crippen LogP contribution in [0.2, 0.25) is 5.02 Å². The van der Waals surface area contributed by atoms with Crippen LogP contribution >= 0.6 is 11.6 Å². The SMILES string of the molecule is Cc1ccc2c(c1)nc(C(F)(F)F)n2C(=O)c1ccccc1Cl. The molecule has 0 N–H and O–H groups in total. The summed E-state index contributed by atoms with van der Waals surface area (Å²) in [5.74, 6) is -2.13. The van der Waals surface area contributed by atoms with Gasteiger partial charge in [-0.15, -0.1) is 0 Å². The maximum atomic E-state index is 13.3. The number of carbonyl (C=O) groups excluding carboxylic acids is 1. The first-order chi connectivity index (χ1) is 10.8. The number of carbonyl (C=O) groups is 1. The van der Waals surface area contributed by atoms with Gasteiger partial charge in [-0.05, 0) is 36.8 Å². The molecule has 0 saturated carbocycles. The third-order valence-electron chi connectivity index (χ3n) is 3.37. The molecule has 1 aromatic heterocycles. The number of nitrogens with zero attached hydrogens (tertiary/aromatic N) is 2. The van der Waals surface area contributed by atoms with E-state index in [1.54, 1.807) is 19.1 Å². The van der Waals surface area contributed by atoms with Gasteiger partial charge < -0.3 is 0 Å². The molecule has 3 nitrogen and oxygen atoms in total. The highest BCUT2D eigenvalue weighted by molar-refractivity contribution is 6.34. The molecule has 3 aromatic rings. The Balaban J connectivity index is 2.31. The molecule has 23 heavy (non-hydrogen) atoms. The summed E-state index contributed by atoms with van der Waals surface area (Å²) in [6.45, 7) is 1.74. The number of hydrogen-bond donors (Lipinski definition) is 0. The topological polar surface area (TPSA) is 34.9 Å². The van der Waals surface area contributed by atoms with E-state index in [9.17, 15) is 18.0 Å². The van der Waals surface area contributed by atoms with Crippen LogP contribution in [0.3, 0.4) is 0 Å². The molecular formula is C16H10ClF3N2O. The highest BCUT2D eigenvalue weighted by atomic mass is 35.5. The van der Waals surface area contributed by atoms with Crippen LogP contribution < -0.4 is 0 Å². The number of alkyl halides is 3. The second-order valence-corrected chi connectivity index (χ2v) is 5.45. The standard InChI is InChI=1S/C16H10ClF3N2O/c1-9-6-7-13-12(8-9)21-15(16(18,19)20)22(13)14(23)10-4-2-3-5-11(10)17/h2-8H,1H3. The summed E-state index contributed by atoms with van der Waals surface area (Å²) in [6.07, 6.45) is -4.76. The lowest BCUT2D eigenvalue weighted by Gasteiger charge is -2.11. The highest BCUT2D eigenvalue weighted by Gasteiger charge is 2.39. The van der Waals surface area contributed by atoms with E-state index in [1.807, 2.05) is 0 Å². The van der Waals surface area contributed by atoms with Crippen LogP contribution in [-0.2, 0) is 6.18 Å². The van der Waals surface area contributed by atoms with Crippen molar-refractivity contribution in [1.82, 2.24) is 9.55 Å². The smallest absolute Gasteiger partial charge is 0.268 e. The van der Waals surface area contributed by atoms with Crippen molar-refractivity contribution in [1.29, 1.82) is 0 Å². The van der Waals surface area contributed by atoms with E-state index in [-0.39, 0.29) is 21.6 Å². The van der Waals surface area contributed by atoms with Crippen molar-refractivity contribution in [2.75, 3.05) is 0 Å². The Morgan fingerprint density at radius 2 is 1.87 bits per heavy atom. The first kappa shape index (κ1) is 15.6. The van der Waals surface area contributed by atoms with Crippen molar-refractivity contribution < 1.29 is 18.0 Å². The largest absolute Gasteiger partial charge is 0.450 e. The van der Waals surface area contributed by atoms with E-state index in [0.717, 1.165) is 5.56 Å². The monoisotopic (exact) mass is 338 g/mol. The summed E-state index contributed by atoms with van der Waals surface area (Å²) in [7, 11) is 0. The van der Waals surface area contributed by atoms with Crippen LogP contribution in [0.4, 0.5) is 13.2 Å². The lowest BCUT2D eigenvalue weighted by molar-refractivity contribution is -0.145. The molecule has 0 amide bonds. The van der Waals surface area contributed by atoms with Crippen LogP contribution in [0.15, 0.2) is 42.5 Å². The van der Waals surface area contributed by atoms with Crippen molar-refractivity contribution in [3.8, 4) is 0 Å². The second-order valence-electron chi connectivity index (χ2n) is 5.05. The van der Waals surface area contributed by atoms with Gasteiger partial charge in [0.25, 0.3) is 5.91 Å². The Morgan fingerprint density at radius 1 is 1.17 bits per heavy atom. The number of hydrogen-bond acceptors (Lipinski definition) is 2. The lowest BCUT2D eigenvalue weighted by Crippen LogP contribution is -2.21. The van der Waals surface area contributed by atoms with E-state index >= 15 is 0 Å². The van der Waals surface area contributed by atoms with E-state index < -0.39 is 17.9 Å². The number of halogens is 4. The van der Waals surface area contributed by atoms with Crippen LogP contribution in [-0.4, -0.2) is 15.5 Å². The molecule has 0 radical (unpaired) electrons. The molecule has 0 saturated heterocycles. The van der Waals surface area contributed by atoms with E-state index in [2.05, 4.69) is 4.98 Å². The molecule has 0 aliphatic rings. The maximum Gasteiger partial charge on any atom is 0.450 e. The molecule has 3 rings (SSSR count). The first-order valence-corrected chi connectivity index (χ1v) is 7.02. The number of benzene rings is 2. The Kier molecular flexibility index (Phi) is 3.64. The fraction of sp³-hybridized carbons (Fsp3) is 0.125. The van der Waals surface area contributed by atoms with E-state index in [0.29, 0.717) is 4.57 Å². The molecule has 0 aliphatic carbocycles. The number of aryl methyl sites for hydroxylation is 1. The van der Waals surface area contributed by atoms with Gasteiger partial charge in [-0.25, -0.2) is 4.98 Å². The average molecular weight is 339 g/mol. The van der Waals surface area contributed by atoms with Gasteiger partial charge in [-0.1, -0.05) is 29.8 Å². The van der Waals surface area contributed by atoms with Gasteiger partial charge in [-0.3, -0.25) is 9.36 Å². The molecule has 118 valence electrons. The molecule has 0 aliphatic heterocycles. The van der Waals surface area contributed by atoms with Crippen LogP contribution in [0, 0.1) is 6.92 Å². The number of fused-ring (bicyclic) bond motifs is 1. The third-order valence-corrected chi connectivity index (χ3v) is 3.70. The van der Waals surface area contributed by atoms with Crippen molar-refractivity contribution in [2.45, 2.75) is 13.1 Å². The van der Waals surface area contributed by atoms with Gasteiger partial charge in [0.15, 0.2) is 0 Å². The van der Waals surface area contributed by atoms with E-state index in [4.69, 9.17) is 11.6 Å². The van der Waals surface area contributed by atoms with E-state index in [1.165, 1.54) is 30.3 Å². The predicted molar refractivity (Wildman–Crippen MR) is 80.7 cm³/mol. The third kappa shape index (κ3) is 2.70. The molecule has 7 heteroatoms. The summed E-state index contributed by atoms with van der Waals surface area (Å²) < 4.78 is 40.5. The maximum absolute atomic E-state index is 13.3. The van der Waals surface area contributed by atoms with Crippen molar-refractivity contribution in [3.63, 3.8) is 0 Å². The first-order valence-electron chi connectivity index (χ1n) is 6.64. The predicted octanol–water partition coefficient (Wildman–Crippen LogP) is 4.71. The summed E-state index contributed by atoms with van der Waals surface area (Å²) in [6, 6.07) is 10.5. The molecule has 1 heterocycles. The molecule has 0 spiro atoms. The van der Waals surface area contributed by atoms with Crippen molar-refractivity contribution >= 4 is 28.5 Å². The van der Waals surface area contributed by atoms with Gasteiger partial charge >= 0.3 is 6.18 Å². The van der Waals surface area contributed by atoms with Gasteiger partial charge in [0.05, 0.1) is 21.6 Å². The minimum atomic E-state index is -4.76.